The Labute approximate surface area is 181 Å². The van der Waals surface area contributed by atoms with E-state index in [1.807, 2.05) is 73.1 Å². The number of fused-ring (bicyclic) bond motifs is 3. The van der Waals surface area contributed by atoms with Gasteiger partial charge >= 0.3 is 0 Å². The van der Waals surface area contributed by atoms with E-state index in [1.165, 1.54) is 0 Å². The molecule has 2 heterocycles. The van der Waals surface area contributed by atoms with Crippen LogP contribution in [-0.2, 0) is 17.1 Å². The van der Waals surface area contributed by atoms with Gasteiger partial charge in [-0.3, -0.25) is 4.31 Å². The molecular weight excluding hydrogens is 416 g/mol. The van der Waals surface area contributed by atoms with Crippen molar-refractivity contribution in [3.8, 4) is 0 Å². The van der Waals surface area contributed by atoms with E-state index < -0.39 is 10.0 Å². The first-order valence-electron chi connectivity index (χ1n) is 9.80. The van der Waals surface area contributed by atoms with Crippen molar-refractivity contribution in [1.82, 2.24) is 4.57 Å². The van der Waals surface area contributed by atoms with Crippen LogP contribution in [0.5, 0.6) is 0 Å². The van der Waals surface area contributed by atoms with Crippen LogP contribution < -0.4 is 4.31 Å². The second-order valence-corrected chi connectivity index (χ2v) is 10.1. The third kappa shape index (κ3) is 2.84. The lowest BCUT2D eigenvalue weighted by molar-refractivity contribution is 0.590. The summed E-state index contributed by atoms with van der Waals surface area (Å²) in [5.74, 6) is 0.667. The van der Waals surface area contributed by atoms with Gasteiger partial charge in [0.05, 0.1) is 4.90 Å². The first kappa shape index (κ1) is 19.2. The summed E-state index contributed by atoms with van der Waals surface area (Å²) >= 11 is 6.10. The van der Waals surface area contributed by atoms with Gasteiger partial charge in [-0.1, -0.05) is 59.6 Å². The van der Waals surface area contributed by atoms with E-state index in [2.05, 4.69) is 6.07 Å². The van der Waals surface area contributed by atoms with E-state index in [4.69, 9.17) is 11.6 Å². The highest BCUT2D eigenvalue weighted by Crippen LogP contribution is 2.47. The molecule has 0 saturated carbocycles. The van der Waals surface area contributed by atoms with E-state index in [-0.39, 0.29) is 5.92 Å². The molecule has 3 aromatic carbocycles. The second-order valence-electron chi connectivity index (χ2n) is 7.77. The van der Waals surface area contributed by atoms with Crippen LogP contribution in [0.3, 0.4) is 0 Å². The maximum atomic E-state index is 13.7. The van der Waals surface area contributed by atoms with Gasteiger partial charge in [0.1, 0.15) is 5.82 Å². The van der Waals surface area contributed by atoms with Crippen LogP contribution in [0.4, 0.5) is 5.82 Å². The Bertz CT molecular complexity index is 1360. The van der Waals surface area contributed by atoms with Crippen LogP contribution in [-0.4, -0.2) is 19.5 Å². The Morgan fingerprint density at radius 1 is 0.933 bits per heavy atom. The van der Waals surface area contributed by atoms with Crippen LogP contribution in [0.2, 0.25) is 5.02 Å². The van der Waals surface area contributed by atoms with Gasteiger partial charge in [-0.05, 0) is 42.8 Å². The fourth-order valence-corrected chi connectivity index (χ4v) is 6.07. The summed E-state index contributed by atoms with van der Waals surface area (Å²) in [6.45, 7) is 2.31. The van der Waals surface area contributed by atoms with Gasteiger partial charge in [-0.2, -0.15) is 0 Å². The van der Waals surface area contributed by atoms with Crippen molar-refractivity contribution >= 4 is 38.3 Å². The molecule has 1 aliphatic rings. The summed E-state index contributed by atoms with van der Waals surface area (Å²) in [6.07, 6.45) is 0. The molecule has 30 heavy (non-hydrogen) atoms. The van der Waals surface area contributed by atoms with Gasteiger partial charge in [0.25, 0.3) is 10.0 Å². The van der Waals surface area contributed by atoms with Crippen LogP contribution >= 0.6 is 11.6 Å². The highest BCUT2D eigenvalue weighted by Gasteiger charge is 2.41. The third-order valence-electron chi connectivity index (χ3n) is 5.93. The largest absolute Gasteiger partial charge is 0.330 e. The molecule has 1 aliphatic heterocycles. The first-order chi connectivity index (χ1) is 14.4. The average molecular weight is 437 g/mol. The van der Waals surface area contributed by atoms with Gasteiger partial charge in [-0.15, -0.1) is 0 Å². The van der Waals surface area contributed by atoms with Crippen molar-refractivity contribution in [3.05, 3.63) is 94.5 Å². The van der Waals surface area contributed by atoms with Crippen molar-refractivity contribution < 1.29 is 8.42 Å². The van der Waals surface area contributed by atoms with Crippen molar-refractivity contribution in [2.24, 2.45) is 7.05 Å². The summed E-state index contributed by atoms with van der Waals surface area (Å²) in [5, 5.41) is 1.75. The average Bonchev–Trinajstić information content (AvgIpc) is 3.27. The fourth-order valence-electron chi connectivity index (χ4n) is 4.41. The summed E-state index contributed by atoms with van der Waals surface area (Å²) in [5.41, 5.74) is 4.15. The molecule has 152 valence electrons. The van der Waals surface area contributed by atoms with Gasteiger partial charge in [0, 0.05) is 41.0 Å². The highest BCUT2D eigenvalue weighted by atomic mass is 35.5. The van der Waals surface area contributed by atoms with E-state index in [1.54, 1.807) is 16.4 Å². The van der Waals surface area contributed by atoms with Crippen LogP contribution in [0.25, 0.3) is 10.9 Å². The lowest BCUT2D eigenvalue weighted by Gasteiger charge is -2.22. The molecule has 0 radical (unpaired) electrons. The fraction of sp³-hybridized carbons (Fsp3) is 0.167. The minimum Gasteiger partial charge on any atom is -0.330 e. The van der Waals surface area contributed by atoms with Crippen molar-refractivity contribution in [2.45, 2.75) is 17.7 Å². The highest BCUT2D eigenvalue weighted by molar-refractivity contribution is 7.92. The lowest BCUT2D eigenvalue weighted by Crippen LogP contribution is -2.31. The zero-order valence-corrected chi connectivity index (χ0v) is 18.3. The van der Waals surface area contributed by atoms with Gasteiger partial charge in [-0.25, -0.2) is 8.42 Å². The number of aryl methyl sites for hydroxylation is 2. The number of hydrogen-bond acceptors (Lipinski definition) is 2. The Balaban J connectivity index is 1.74. The molecule has 4 nitrogen and oxygen atoms in total. The minimum absolute atomic E-state index is 0.0661. The summed E-state index contributed by atoms with van der Waals surface area (Å²) in [7, 11) is -1.77. The zero-order valence-electron chi connectivity index (χ0n) is 16.7. The van der Waals surface area contributed by atoms with E-state index in [0.717, 1.165) is 33.4 Å². The topological polar surface area (TPSA) is 42.3 Å². The molecular formula is C24H21ClN2O2S. The second kappa shape index (κ2) is 6.89. The van der Waals surface area contributed by atoms with E-state index in [9.17, 15) is 8.42 Å². The molecule has 0 fully saturated rings. The van der Waals surface area contributed by atoms with Crippen molar-refractivity contribution in [1.29, 1.82) is 0 Å². The monoisotopic (exact) mass is 436 g/mol. The molecule has 5 rings (SSSR count). The molecule has 0 bridgehead atoms. The molecule has 0 amide bonds. The standard InChI is InChI=1S/C24H21ClN2O2S/c1-16-7-13-19(14-8-16)30(28,29)27-15-21(17-9-11-18(25)12-10-17)23-20-5-3-4-6-22(20)26(2)24(23)27/h3-14,21H,15H2,1-2H3. The maximum Gasteiger partial charge on any atom is 0.265 e. The quantitative estimate of drug-likeness (QED) is 0.426. The predicted octanol–water partition coefficient (Wildman–Crippen LogP) is 5.48. The number of sulfonamides is 1. The molecule has 0 aliphatic carbocycles. The third-order valence-corrected chi connectivity index (χ3v) is 7.95. The van der Waals surface area contributed by atoms with Gasteiger partial charge < -0.3 is 4.57 Å². The van der Waals surface area contributed by atoms with Crippen LogP contribution in [0.1, 0.15) is 22.6 Å². The molecule has 0 spiro atoms. The zero-order chi connectivity index (χ0) is 21.0. The number of hydrogen-bond donors (Lipinski definition) is 0. The molecule has 1 unspecified atom stereocenters. The number of rotatable bonds is 3. The maximum absolute atomic E-state index is 13.7. The smallest absolute Gasteiger partial charge is 0.265 e. The number of halogens is 1. The normalized spacial score (nSPS) is 16.2. The van der Waals surface area contributed by atoms with Crippen LogP contribution in [0.15, 0.2) is 77.7 Å². The Hall–Kier alpha value is -2.76. The van der Waals surface area contributed by atoms with Crippen LogP contribution in [0, 0.1) is 6.92 Å². The van der Waals surface area contributed by atoms with Gasteiger partial charge in [0.15, 0.2) is 0 Å². The number of anilines is 1. The summed E-state index contributed by atoms with van der Waals surface area (Å²) in [6, 6.07) is 22.8. The molecule has 1 atom stereocenters. The molecule has 4 aromatic rings. The molecule has 0 saturated heterocycles. The van der Waals surface area contributed by atoms with E-state index >= 15 is 0 Å². The molecule has 6 heteroatoms. The number of aromatic nitrogens is 1. The SMILES string of the molecule is Cc1ccc(S(=O)(=O)N2CC(c3ccc(Cl)cc3)c3c2n(C)c2ccccc32)cc1. The Morgan fingerprint density at radius 2 is 1.60 bits per heavy atom. The minimum atomic E-state index is -3.70. The first-order valence-corrected chi connectivity index (χ1v) is 11.6. The summed E-state index contributed by atoms with van der Waals surface area (Å²) < 4.78 is 30.9. The molecule has 0 N–H and O–H groups in total. The predicted molar refractivity (Wildman–Crippen MR) is 122 cm³/mol. The summed E-state index contributed by atoms with van der Waals surface area (Å²) in [4.78, 5) is 0.307. The van der Waals surface area contributed by atoms with Gasteiger partial charge in [0.2, 0.25) is 0 Å². The number of benzene rings is 3. The number of para-hydroxylation sites is 1. The van der Waals surface area contributed by atoms with E-state index in [0.29, 0.717) is 16.5 Å². The van der Waals surface area contributed by atoms with Crippen molar-refractivity contribution in [3.63, 3.8) is 0 Å². The molecule has 1 aromatic heterocycles. The van der Waals surface area contributed by atoms with Crippen molar-refractivity contribution in [2.75, 3.05) is 10.8 Å². The Kier molecular flexibility index (Phi) is 4.42. The number of nitrogens with zero attached hydrogens (tertiary/aromatic N) is 2. The Morgan fingerprint density at radius 3 is 2.30 bits per heavy atom. The lowest BCUT2D eigenvalue weighted by atomic mass is 9.93.